The van der Waals surface area contributed by atoms with Crippen molar-refractivity contribution in [3.63, 3.8) is 0 Å². The summed E-state index contributed by atoms with van der Waals surface area (Å²) in [5.74, 6) is 0.0297. The molecule has 5 heteroatoms. The van der Waals surface area contributed by atoms with Crippen molar-refractivity contribution in [2.75, 3.05) is 7.05 Å². The van der Waals surface area contributed by atoms with E-state index in [9.17, 15) is 14.0 Å². The Morgan fingerprint density at radius 1 is 1.22 bits per heavy atom. The molecular formula is C18H23FN2O2. The standard InChI is InChI=1S/C18H23FN2O2/c1-21-15(10-11-16(21)22)18(23)20-17(12-4-2-3-5-12)13-6-8-14(19)9-7-13/h6-9,12,15,17H,2-5,10-11H2,1H3,(H,20,23)/t15-,17-/m1/s1. The van der Waals surface area contributed by atoms with Gasteiger partial charge < -0.3 is 10.2 Å². The number of likely N-dealkylation sites (N-methyl/N-ethyl adjacent to an activating group) is 1. The number of nitrogens with one attached hydrogen (secondary N) is 1. The van der Waals surface area contributed by atoms with E-state index in [0.717, 1.165) is 18.4 Å². The summed E-state index contributed by atoms with van der Waals surface area (Å²) in [7, 11) is 1.68. The normalized spacial score (nSPS) is 23.3. The zero-order chi connectivity index (χ0) is 16.4. The minimum atomic E-state index is -0.383. The lowest BCUT2D eigenvalue weighted by Crippen LogP contribution is -2.45. The molecule has 0 spiro atoms. The van der Waals surface area contributed by atoms with Gasteiger partial charge in [0.25, 0.3) is 0 Å². The Kier molecular flexibility index (Phi) is 4.64. The molecule has 2 aliphatic rings. The van der Waals surface area contributed by atoms with E-state index in [1.165, 1.54) is 29.9 Å². The predicted octanol–water partition coefficient (Wildman–Crippen LogP) is 2.79. The molecule has 0 radical (unpaired) electrons. The highest BCUT2D eigenvalue weighted by Gasteiger charge is 2.36. The van der Waals surface area contributed by atoms with Crippen LogP contribution in [0, 0.1) is 11.7 Å². The van der Waals surface area contributed by atoms with E-state index in [0.29, 0.717) is 18.8 Å². The highest BCUT2D eigenvalue weighted by molar-refractivity contribution is 5.90. The second kappa shape index (κ2) is 6.69. The number of nitrogens with zero attached hydrogens (tertiary/aromatic N) is 1. The lowest BCUT2D eigenvalue weighted by atomic mass is 9.91. The number of hydrogen-bond acceptors (Lipinski definition) is 2. The first-order chi connectivity index (χ1) is 11.1. The minimum absolute atomic E-state index is 0.0179. The molecule has 1 aliphatic carbocycles. The lowest BCUT2D eigenvalue weighted by molar-refractivity contribution is -0.134. The number of rotatable bonds is 4. The predicted molar refractivity (Wildman–Crippen MR) is 85.0 cm³/mol. The molecule has 1 aromatic rings. The molecule has 1 heterocycles. The average molecular weight is 318 g/mol. The van der Waals surface area contributed by atoms with E-state index in [2.05, 4.69) is 5.32 Å². The summed E-state index contributed by atoms with van der Waals surface area (Å²) in [6.45, 7) is 0. The van der Waals surface area contributed by atoms with Crippen molar-refractivity contribution in [1.29, 1.82) is 0 Å². The summed E-state index contributed by atoms with van der Waals surface area (Å²) in [5, 5.41) is 3.13. The summed E-state index contributed by atoms with van der Waals surface area (Å²) in [5.41, 5.74) is 0.943. The van der Waals surface area contributed by atoms with Gasteiger partial charge in [0, 0.05) is 13.5 Å². The molecule has 2 fully saturated rings. The van der Waals surface area contributed by atoms with Crippen molar-refractivity contribution in [2.45, 2.75) is 50.6 Å². The Morgan fingerprint density at radius 2 is 1.87 bits per heavy atom. The number of halogens is 1. The fraction of sp³-hybridized carbons (Fsp3) is 0.556. The first-order valence-corrected chi connectivity index (χ1v) is 8.38. The van der Waals surface area contributed by atoms with Crippen molar-refractivity contribution in [2.24, 2.45) is 5.92 Å². The number of hydrogen-bond donors (Lipinski definition) is 1. The van der Waals surface area contributed by atoms with Crippen LogP contribution in [0.5, 0.6) is 0 Å². The van der Waals surface area contributed by atoms with E-state index in [1.54, 1.807) is 19.2 Å². The quantitative estimate of drug-likeness (QED) is 0.928. The summed E-state index contributed by atoms with van der Waals surface area (Å²) in [6, 6.07) is 5.90. The Bertz CT molecular complexity index is 581. The summed E-state index contributed by atoms with van der Waals surface area (Å²) >= 11 is 0. The number of likely N-dealkylation sites (tertiary alicyclic amines) is 1. The van der Waals surface area contributed by atoms with E-state index in [1.807, 2.05) is 0 Å². The Labute approximate surface area is 136 Å². The van der Waals surface area contributed by atoms with Gasteiger partial charge in [-0.25, -0.2) is 4.39 Å². The second-order valence-corrected chi connectivity index (χ2v) is 6.64. The summed E-state index contributed by atoms with van der Waals surface area (Å²) in [4.78, 5) is 25.8. The number of benzene rings is 1. The molecule has 1 saturated carbocycles. The van der Waals surface area contributed by atoms with Gasteiger partial charge in [-0.1, -0.05) is 25.0 Å². The van der Waals surface area contributed by atoms with Gasteiger partial charge >= 0.3 is 0 Å². The molecule has 0 unspecified atom stereocenters. The Balaban J connectivity index is 1.77. The summed E-state index contributed by atoms with van der Waals surface area (Å²) in [6.07, 6.45) is 5.48. The van der Waals surface area contributed by atoms with Crippen LogP contribution >= 0.6 is 0 Å². The molecule has 3 rings (SSSR count). The van der Waals surface area contributed by atoms with Crippen LogP contribution in [-0.4, -0.2) is 29.8 Å². The second-order valence-electron chi connectivity index (χ2n) is 6.64. The van der Waals surface area contributed by atoms with E-state index >= 15 is 0 Å². The molecule has 4 nitrogen and oxygen atoms in total. The van der Waals surface area contributed by atoms with E-state index < -0.39 is 0 Å². The third-order valence-corrected chi connectivity index (χ3v) is 5.19. The number of carbonyl (C=O) groups is 2. The molecule has 1 aromatic carbocycles. The molecule has 23 heavy (non-hydrogen) atoms. The van der Waals surface area contributed by atoms with Crippen LogP contribution in [0.2, 0.25) is 0 Å². The van der Waals surface area contributed by atoms with Gasteiger partial charge in [0.05, 0.1) is 6.04 Å². The lowest BCUT2D eigenvalue weighted by Gasteiger charge is -2.28. The molecule has 2 atom stereocenters. The van der Waals surface area contributed by atoms with Crippen LogP contribution < -0.4 is 5.32 Å². The first-order valence-electron chi connectivity index (χ1n) is 8.38. The van der Waals surface area contributed by atoms with Crippen molar-refractivity contribution in [3.05, 3.63) is 35.6 Å². The number of amides is 2. The molecule has 1 N–H and O–H groups in total. The monoisotopic (exact) mass is 318 g/mol. The molecule has 0 aromatic heterocycles. The zero-order valence-electron chi connectivity index (χ0n) is 13.4. The number of carbonyl (C=O) groups excluding carboxylic acids is 2. The maximum Gasteiger partial charge on any atom is 0.243 e. The van der Waals surface area contributed by atoms with Crippen molar-refractivity contribution in [1.82, 2.24) is 10.2 Å². The maximum absolute atomic E-state index is 13.2. The SMILES string of the molecule is CN1C(=O)CC[C@@H]1C(=O)N[C@@H](c1ccc(F)cc1)C1CCCC1. The highest BCUT2D eigenvalue weighted by Crippen LogP contribution is 2.36. The molecule has 2 amide bonds. The highest BCUT2D eigenvalue weighted by atomic mass is 19.1. The van der Waals surface area contributed by atoms with Crippen LogP contribution in [0.4, 0.5) is 4.39 Å². The van der Waals surface area contributed by atoms with Crippen LogP contribution in [0.1, 0.15) is 50.1 Å². The van der Waals surface area contributed by atoms with Gasteiger partial charge in [-0.3, -0.25) is 9.59 Å². The van der Waals surface area contributed by atoms with Crippen molar-refractivity contribution >= 4 is 11.8 Å². The first kappa shape index (κ1) is 16.0. The van der Waals surface area contributed by atoms with Crippen molar-refractivity contribution in [3.8, 4) is 0 Å². The van der Waals surface area contributed by atoms with Crippen LogP contribution in [-0.2, 0) is 9.59 Å². The zero-order valence-corrected chi connectivity index (χ0v) is 13.4. The topological polar surface area (TPSA) is 49.4 Å². The Morgan fingerprint density at radius 3 is 2.43 bits per heavy atom. The average Bonchev–Trinajstić information content (AvgIpc) is 3.17. The van der Waals surface area contributed by atoms with E-state index in [4.69, 9.17) is 0 Å². The molecule has 1 aliphatic heterocycles. The van der Waals surface area contributed by atoms with E-state index in [-0.39, 0.29) is 29.7 Å². The van der Waals surface area contributed by atoms with Gasteiger partial charge in [0.2, 0.25) is 11.8 Å². The fourth-order valence-corrected chi connectivity index (χ4v) is 3.79. The molecule has 124 valence electrons. The fourth-order valence-electron chi connectivity index (χ4n) is 3.79. The van der Waals surface area contributed by atoms with Crippen LogP contribution in [0.15, 0.2) is 24.3 Å². The van der Waals surface area contributed by atoms with Crippen LogP contribution in [0.3, 0.4) is 0 Å². The molecule has 0 bridgehead atoms. The molecular weight excluding hydrogens is 295 g/mol. The summed E-state index contributed by atoms with van der Waals surface area (Å²) < 4.78 is 13.2. The van der Waals surface area contributed by atoms with Gasteiger partial charge in [0.1, 0.15) is 11.9 Å². The van der Waals surface area contributed by atoms with Gasteiger partial charge in [-0.05, 0) is 42.9 Å². The smallest absolute Gasteiger partial charge is 0.243 e. The maximum atomic E-state index is 13.2. The van der Waals surface area contributed by atoms with Gasteiger partial charge in [-0.2, -0.15) is 0 Å². The largest absolute Gasteiger partial charge is 0.347 e. The van der Waals surface area contributed by atoms with Crippen molar-refractivity contribution < 1.29 is 14.0 Å². The van der Waals surface area contributed by atoms with Gasteiger partial charge in [-0.15, -0.1) is 0 Å². The van der Waals surface area contributed by atoms with Gasteiger partial charge in [0.15, 0.2) is 0 Å². The third-order valence-electron chi connectivity index (χ3n) is 5.19. The Hall–Kier alpha value is -1.91. The van der Waals surface area contributed by atoms with Crippen LogP contribution in [0.25, 0.3) is 0 Å². The minimum Gasteiger partial charge on any atom is -0.347 e. The molecule has 1 saturated heterocycles. The third kappa shape index (κ3) is 3.38.